The van der Waals surface area contributed by atoms with Crippen LogP contribution in [0.15, 0.2) is 41.7 Å². The Morgan fingerprint density at radius 3 is 2.57 bits per heavy atom. The molecule has 1 aliphatic carbocycles. The van der Waals surface area contributed by atoms with Crippen molar-refractivity contribution in [2.75, 3.05) is 6.54 Å². The summed E-state index contributed by atoms with van der Waals surface area (Å²) in [6, 6.07) is 9.65. The van der Waals surface area contributed by atoms with Gasteiger partial charge in [0.15, 0.2) is 5.11 Å². The van der Waals surface area contributed by atoms with Crippen molar-refractivity contribution in [3.63, 3.8) is 0 Å². The third-order valence-electron chi connectivity index (χ3n) is 4.77. The van der Waals surface area contributed by atoms with Crippen LogP contribution in [0.2, 0.25) is 0 Å². The van der Waals surface area contributed by atoms with Gasteiger partial charge in [0.25, 0.3) is 0 Å². The maximum absolute atomic E-state index is 13.1. The molecule has 6 nitrogen and oxygen atoms in total. The zero-order valence-electron chi connectivity index (χ0n) is 16.6. The Morgan fingerprint density at radius 2 is 2.00 bits per heavy atom. The minimum atomic E-state index is -3.53. The first-order chi connectivity index (χ1) is 13.3. The smallest absolute Gasteiger partial charge is 0.228 e. The molecule has 0 unspecified atom stereocenters. The summed E-state index contributed by atoms with van der Waals surface area (Å²) >= 11 is 5.51. The van der Waals surface area contributed by atoms with Gasteiger partial charge in [-0.3, -0.25) is 0 Å². The van der Waals surface area contributed by atoms with E-state index in [4.69, 9.17) is 12.2 Å². The maximum atomic E-state index is 13.1. The lowest BCUT2D eigenvalue weighted by atomic mass is 10.2. The summed E-state index contributed by atoms with van der Waals surface area (Å²) in [7, 11) is -3.53. The third kappa shape index (κ3) is 4.72. The van der Waals surface area contributed by atoms with E-state index in [2.05, 4.69) is 29.0 Å². The van der Waals surface area contributed by atoms with Crippen molar-refractivity contribution in [1.29, 1.82) is 0 Å². The standard InChI is InChI=1S/C20H28N4O2S2/c1-4-21-19(27)23(15(2)3)13-18-12-22-20(24(18)17-10-11-17)28(25,26)14-16-8-6-5-7-9-16/h5-9,12,15,17H,4,10-11,13-14H2,1-3H3,(H,21,27). The summed E-state index contributed by atoms with van der Waals surface area (Å²) in [5.74, 6) is -0.0410. The van der Waals surface area contributed by atoms with E-state index in [1.807, 2.05) is 41.8 Å². The molecule has 1 heterocycles. The molecule has 1 aliphatic rings. The van der Waals surface area contributed by atoms with Gasteiger partial charge >= 0.3 is 0 Å². The lowest BCUT2D eigenvalue weighted by Gasteiger charge is -2.29. The zero-order chi connectivity index (χ0) is 20.3. The monoisotopic (exact) mass is 420 g/mol. The van der Waals surface area contributed by atoms with Gasteiger partial charge in [0.2, 0.25) is 15.0 Å². The minimum Gasteiger partial charge on any atom is -0.363 e. The van der Waals surface area contributed by atoms with Crippen molar-refractivity contribution < 1.29 is 8.42 Å². The molecule has 8 heteroatoms. The van der Waals surface area contributed by atoms with E-state index in [1.165, 1.54) is 0 Å². The number of benzene rings is 1. The number of nitrogens with zero attached hydrogens (tertiary/aromatic N) is 3. The van der Waals surface area contributed by atoms with Crippen molar-refractivity contribution in [2.45, 2.75) is 63.2 Å². The number of hydrogen-bond donors (Lipinski definition) is 1. The maximum Gasteiger partial charge on any atom is 0.228 e. The average Bonchev–Trinajstić information content (AvgIpc) is 3.39. The molecule has 28 heavy (non-hydrogen) atoms. The Balaban J connectivity index is 1.91. The fourth-order valence-corrected chi connectivity index (χ4v) is 5.18. The van der Waals surface area contributed by atoms with E-state index >= 15 is 0 Å². The molecule has 1 aromatic heterocycles. The van der Waals surface area contributed by atoms with Crippen LogP contribution in [0.25, 0.3) is 0 Å². The predicted octanol–water partition coefficient (Wildman–Crippen LogP) is 3.30. The van der Waals surface area contributed by atoms with Crippen molar-refractivity contribution in [2.24, 2.45) is 0 Å². The van der Waals surface area contributed by atoms with E-state index in [0.29, 0.717) is 11.7 Å². The van der Waals surface area contributed by atoms with Crippen LogP contribution in [0.4, 0.5) is 0 Å². The number of nitrogens with one attached hydrogen (secondary N) is 1. The van der Waals surface area contributed by atoms with Crippen molar-refractivity contribution in [1.82, 2.24) is 19.8 Å². The molecule has 3 rings (SSSR count). The quantitative estimate of drug-likeness (QED) is 0.661. The van der Waals surface area contributed by atoms with Crippen LogP contribution < -0.4 is 5.32 Å². The molecule has 152 valence electrons. The van der Waals surface area contributed by atoms with E-state index in [1.54, 1.807) is 6.20 Å². The molecular formula is C20H28N4O2S2. The highest BCUT2D eigenvalue weighted by molar-refractivity contribution is 7.90. The molecule has 1 fully saturated rings. The molecule has 0 atom stereocenters. The number of aromatic nitrogens is 2. The predicted molar refractivity (Wildman–Crippen MR) is 115 cm³/mol. The second-order valence-electron chi connectivity index (χ2n) is 7.44. The number of hydrogen-bond acceptors (Lipinski definition) is 4. The normalized spacial score (nSPS) is 14.3. The molecule has 0 amide bonds. The number of thiocarbonyl (C=S) groups is 1. The van der Waals surface area contributed by atoms with E-state index in [9.17, 15) is 8.42 Å². The largest absolute Gasteiger partial charge is 0.363 e. The van der Waals surface area contributed by atoms with Crippen LogP contribution in [0.1, 0.15) is 50.9 Å². The van der Waals surface area contributed by atoms with Crippen LogP contribution in [-0.4, -0.2) is 40.6 Å². The second kappa shape index (κ2) is 8.61. The Labute approximate surface area is 172 Å². The van der Waals surface area contributed by atoms with Crippen molar-refractivity contribution >= 4 is 27.2 Å². The molecule has 0 radical (unpaired) electrons. The lowest BCUT2D eigenvalue weighted by molar-refractivity contribution is 0.327. The highest BCUT2D eigenvalue weighted by Gasteiger charge is 2.34. The van der Waals surface area contributed by atoms with Crippen LogP contribution in [0.5, 0.6) is 0 Å². The summed E-state index contributed by atoms with van der Waals surface area (Å²) in [6.07, 6.45) is 3.66. The van der Waals surface area contributed by atoms with Crippen molar-refractivity contribution in [3.8, 4) is 0 Å². The van der Waals surface area contributed by atoms with Crippen molar-refractivity contribution in [3.05, 3.63) is 47.8 Å². The first-order valence-electron chi connectivity index (χ1n) is 9.70. The second-order valence-corrected chi connectivity index (χ2v) is 9.71. The first-order valence-corrected chi connectivity index (χ1v) is 11.8. The number of imidazole rings is 1. The topological polar surface area (TPSA) is 67.2 Å². The van der Waals surface area contributed by atoms with E-state index in [-0.39, 0.29) is 23.0 Å². The van der Waals surface area contributed by atoms with Gasteiger partial charge in [-0.25, -0.2) is 13.4 Å². The van der Waals surface area contributed by atoms with Gasteiger partial charge in [-0.15, -0.1) is 0 Å². The highest BCUT2D eigenvalue weighted by Crippen LogP contribution is 2.39. The van der Waals surface area contributed by atoms with Gasteiger partial charge in [-0.05, 0) is 51.4 Å². The molecule has 0 saturated heterocycles. The SMILES string of the molecule is CCNC(=S)N(Cc1cnc(S(=O)(=O)Cc2ccccc2)n1C1CC1)C(C)C. The van der Waals surface area contributed by atoms with Gasteiger partial charge in [0.05, 0.1) is 24.2 Å². The lowest BCUT2D eigenvalue weighted by Crippen LogP contribution is -2.43. The minimum absolute atomic E-state index is 0.0410. The molecule has 1 aromatic carbocycles. The van der Waals surface area contributed by atoms with E-state index < -0.39 is 9.84 Å². The van der Waals surface area contributed by atoms with Crippen LogP contribution in [0.3, 0.4) is 0 Å². The van der Waals surface area contributed by atoms with Gasteiger partial charge in [-0.1, -0.05) is 30.3 Å². The summed E-state index contributed by atoms with van der Waals surface area (Å²) < 4.78 is 28.1. The molecule has 0 spiro atoms. The summed E-state index contributed by atoms with van der Waals surface area (Å²) in [4.78, 5) is 6.42. The Morgan fingerprint density at radius 1 is 1.32 bits per heavy atom. The van der Waals surface area contributed by atoms with Crippen LogP contribution in [-0.2, 0) is 22.1 Å². The van der Waals surface area contributed by atoms with E-state index in [0.717, 1.165) is 30.6 Å². The third-order valence-corrected chi connectivity index (χ3v) is 6.72. The molecule has 1 saturated carbocycles. The van der Waals surface area contributed by atoms with Gasteiger partial charge in [0, 0.05) is 18.6 Å². The summed E-state index contributed by atoms with van der Waals surface area (Å²) in [5.41, 5.74) is 1.66. The molecule has 0 bridgehead atoms. The first kappa shape index (κ1) is 20.8. The molecule has 2 aromatic rings. The Hall–Kier alpha value is -1.93. The fourth-order valence-electron chi connectivity index (χ4n) is 3.22. The summed E-state index contributed by atoms with van der Waals surface area (Å²) in [5, 5.41) is 4.04. The summed E-state index contributed by atoms with van der Waals surface area (Å²) in [6.45, 7) is 7.45. The highest BCUT2D eigenvalue weighted by atomic mass is 32.2. The number of rotatable bonds is 8. The van der Waals surface area contributed by atoms with Crippen LogP contribution >= 0.6 is 12.2 Å². The Bertz CT molecular complexity index is 919. The Kier molecular flexibility index (Phi) is 6.40. The van der Waals surface area contributed by atoms with Crippen LogP contribution in [0, 0.1) is 0 Å². The van der Waals surface area contributed by atoms with Gasteiger partial charge in [-0.2, -0.15) is 0 Å². The fraction of sp³-hybridized carbons (Fsp3) is 0.500. The van der Waals surface area contributed by atoms with Gasteiger partial charge < -0.3 is 14.8 Å². The zero-order valence-corrected chi connectivity index (χ0v) is 18.3. The molecule has 0 aliphatic heterocycles. The molecular weight excluding hydrogens is 392 g/mol. The van der Waals surface area contributed by atoms with Gasteiger partial charge in [0.1, 0.15) is 0 Å². The average molecular weight is 421 g/mol. The number of sulfone groups is 1. The molecule has 1 N–H and O–H groups in total.